The molecule has 0 bridgehead atoms. The zero-order valence-electron chi connectivity index (χ0n) is 16.8. The maximum absolute atomic E-state index is 9.84. The Kier molecular flexibility index (Phi) is 6.68. The van der Waals surface area contributed by atoms with Gasteiger partial charge in [-0.25, -0.2) is 10.4 Å². The van der Waals surface area contributed by atoms with Crippen molar-refractivity contribution in [2.24, 2.45) is 5.10 Å². The van der Waals surface area contributed by atoms with Crippen molar-refractivity contribution in [1.29, 1.82) is 0 Å². The van der Waals surface area contributed by atoms with E-state index in [0.717, 1.165) is 62.5 Å². The van der Waals surface area contributed by atoms with E-state index in [1.54, 1.807) is 24.4 Å². The van der Waals surface area contributed by atoms with Crippen molar-refractivity contribution < 1.29 is 9.84 Å². The standard InChI is InChI=1S/C22H26N6O2/c29-20-9-4-1-6-17(20)16-24-27-22-25-19-8-3-2-7-18(19)21(26-22)23-10-5-11-28-12-14-30-15-13-28/h1-4,6-9,16,29H,5,10-15H2,(H2,23,25,26,27)/b24-16+. The van der Waals surface area contributed by atoms with Crippen LogP contribution in [-0.2, 0) is 4.74 Å². The van der Waals surface area contributed by atoms with Crippen LogP contribution in [0.25, 0.3) is 10.9 Å². The minimum absolute atomic E-state index is 0.171. The largest absolute Gasteiger partial charge is 0.507 e. The third-order valence-electron chi connectivity index (χ3n) is 4.96. The van der Waals surface area contributed by atoms with E-state index in [9.17, 15) is 5.11 Å². The van der Waals surface area contributed by atoms with Crippen LogP contribution >= 0.6 is 0 Å². The van der Waals surface area contributed by atoms with E-state index in [1.165, 1.54) is 0 Å². The number of morpholine rings is 1. The average Bonchev–Trinajstić information content (AvgIpc) is 2.78. The smallest absolute Gasteiger partial charge is 0.246 e. The fourth-order valence-corrected chi connectivity index (χ4v) is 3.35. The van der Waals surface area contributed by atoms with Crippen molar-refractivity contribution >= 4 is 28.9 Å². The Labute approximate surface area is 175 Å². The zero-order valence-corrected chi connectivity index (χ0v) is 16.8. The first kappa shape index (κ1) is 20.1. The second-order valence-corrected chi connectivity index (χ2v) is 7.08. The van der Waals surface area contributed by atoms with E-state index in [4.69, 9.17) is 4.74 Å². The van der Waals surface area contributed by atoms with Gasteiger partial charge in [0, 0.05) is 30.6 Å². The summed E-state index contributed by atoms with van der Waals surface area (Å²) in [6.07, 6.45) is 2.57. The van der Waals surface area contributed by atoms with Gasteiger partial charge in [0.05, 0.1) is 24.9 Å². The number of benzene rings is 2. The van der Waals surface area contributed by atoms with Crippen LogP contribution in [0.2, 0.25) is 0 Å². The molecule has 0 amide bonds. The van der Waals surface area contributed by atoms with Crippen molar-refractivity contribution in [3.8, 4) is 5.75 Å². The Morgan fingerprint density at radius 1 is 1.07 bits per heavy atom. The lowest BCUT2D eigenvalue weighted by atomic mass is 10.2. The number of rotatable bonds is 8. The number of phenolic OH excluding ortho intramolecular Hbond substituents is 1. The van der Waals surface area contributed by atoms with Gasteiger partial charge in [-0.3, -0.25) is 4.90 Å². The summed E-state index contributed by atoms with van der Waals surface area (Å²) < 4.78 is 5.40. The molecule has 0 spiro atoms. The van der Waals surface area contributed by atoms with Crippen molar-refractivity contribution in [1.82, 2.24) is 14.9 Å². The molecule has 1 aliphatic heterocycles. The molecule has 2 aromatic carbocycles. The normalized spacial score (nSPS) is 14.9. The summed E-state index contributed by atoms with van der Waals surface area (Å²) in [5.41, 5.74) is 4.32. The van der Waals surface area contributed by atoms with Gasteiger partial charge in [-0.15, -0.1) is 0 Å². The molecular formula is C22H26N6O2. The van der Waals surface area contributed by atoms with Crippen molar-refractivity contribution in [3.63, 3.8) is 0 Å². The van der Waals surface area contributed by atoms with E-state index in [2.05, 4.69) is 30.7 Å². The number of fused-ring (bicyclic) bond motifs is 1. The molecule has 0 radical (unpaired) electrons. The molecular weight excluding hydrogens is 380 g/mol. The number of nitrogens with one attached hydrogen (secondary N) is 2. The number of hydrogen-bond donors (Lipinski definition) is 3. The lowest BCUT2D eigenvalue weighted by molar-refractivity contribution is 0.0378. The lowest BCUT2D eigenvalue weighted by Gasteiger charge is -2.26. The highest BCUT2D eigenvalue weighted by molar-refractivity contribution is 5.90. The van der Waals surface area contributed by atoms with Crippen LogP contribution < -0.4 is 10.7 Å². The molecule has 1 aliphatic rings. The number of ether oxygens (including phenoxy) is 1. The van der Waals surface area contributed by atoms with Gasteiger partial charge in [-0.1, -0.05) is 24.3 Å². The first-order chi connectivity index (χ1) is 14.8. The van der Waals surface area contributed by atoms with Crippen LogP contribution in [0.15, 0.2) is 53.6 Å². The summed E-state index contributed by atoms with van der Waals surface area (Å²) in [6.45, 7) is 5.49. The van der Waals surface area contributed by atoms with Crippen molar-refractivity contribution in [2.75, 3.05) is 50.1 Å². The molecule has 0 atom stereocenters. The molecule has 30 heavy (non-hydrogen) atoms. The van der Waals surface area contributed by atoms with Gasteiger partial charge in [0.25, 0.3) is 0 Å². The van der Waals surface area contributed by atoms with Gasteiger partial charge in [0.2, 0.25) is 5.95 Å². The summed E-state index contributed by atoms with van der Waals surface area (Å²) >= 11 is 0. The quantitative estimate of drug-likeness (QED) is 0.301. The molecule has 4 rings (SSSR count). The lowest BCUT2D eigenvalue weighted by Crippen LogP contribution is -2.37. The number of hydrazone groups is 1. The fraction of sp³-hybridized carbons (Fsp3) is 0.318. The van der Waals surface area contributed by atoms with Gasteiger partial charge in [-0.05, 0) is 37.2 Å². The second-order valence-electron chi connectivity index (χ2n) is 7.08. The number of phenols is 1. The predicted molar refractivity (Wildman–Crippen MR) is 119 cm³/mol. The number of nitrogens with zero attached hydrogens (tertiary/aromatic N) is 4. The van der Waals surface area contributed by atoms with Gasteiger partial charge in [0.1, 0.15) is 11.6 Å². The van der Waals surface area contributed by atoms with Gasteiger partial charge < -0.3 is 15.2 Å². The summed E-state index contributed by atoms with van der Waals surface area (Å²) in [4.78, 5) is 11.5. The second kappa shape index (κ2) is 10.00. The molecule has 0 aliphatic carbocycles. The zero-order chi connectivity index (χ0) is 20.6. The Morgan fingerprint density at radius 2 is 1.87 bits per heavy atom. The SMILES string of the molecule is Oc1ccccc1/C=N/Nc1nc(NCCCN2CCOCC2)c2ccccc2n1. The number of para-hydroxylation sites is 2. The number of aromatic nitrogens is 2. The van der Waals surface area contributed by atoms with Gasteiger partial charge in [0.15, 0.2) is 0 Å². The van der Waals surface area contributed by atoms with Crippen LogP contribution in [0.5, 0.6) is 5.75 Å². The van der Waals surface area contributed by atoms with Crippen LogP contribution in [-0.4, -0.2) is 65.6 Å². The topological polar surface area (TPSA) is 94.9 Å². The Morgan fingerprint density at radius 3 is 2.73 bits per heavy atom. The molecule has 0 saturated carbocycles. The summed E-state index contributed by atoms with van der Waals surface area (Å²) in [6, 6.07) is 14.9. The predicted octanol–water partition coefficient (Wildman–Crippen LogP) is 2.92. The van der Waals surface area contributed by atoms with E-state index < -0.39 is 0 Å². The van der Waals surface area contributed by atoms with E-state index in [0.29, 0.717) is 11.5 Å². The molecule has 3 aromatic rings. The van der Waals surface area contributed by atoms with Crippen LogP contribution in [0, 0.1) is 0 Å². The first-order valence-electron chi connectivity index (χ1n) is 10.2. The van der Waals surface area contributed by atoms with Crippen molar-refractivity contribution in [3.05, 3.63) is 54.1 Å². The molecule has 0 unspecified atom stereocenters. The van der Waals surface area contributed by atoms with Crippen LogP contribution in [0.4, 0.5) is 11.8 Å². The highest BCUT2D eigenvalue weighted by atomic mass is 16.5. The monoisotopic (exact) mass is 406 g/mol. The van der Waals surface area contributed by atoms with E-state index in [-0.39, 0.29) is 5.75 Å². The fourth-order valence-electron chi connectivity index (χ4n) is 3.35. The highest BCUT2D eigenvalue weighted by Crippen LogP contribution is 2.22. The summed E-state index contributed by atoms with van der Waals surface area (Å²) in [7, 11) is 0. The molecule has 1 aromatic heterocycles. The first-order valence-corrected chi connectivity index (χ1v) is 10.2. The molecule has 156 valence electrons. The number of anilines is 2. The maximum Gasteiger partial charge on any atom is 0.246 e. The van der Waals surface area contributed by atoms with Crippen LogP contribution in [0.3, 0.4) is 0 Å². The van der Waals surface area contributed by atoms with Gasteiger partial charge >= 0.3 is 0 Å². The summed E-state index contributed by atoms with van der Waals surface area (Å²) in [5, 5.41) is 18.4. The third-order valence-corrected chi connectivity index (χ3v) is 4.96. The maximum atomic E-state index is 9.84. The Hall–Kier alpha value is -3.23. The summed E-state index contributed by atoms with van der Waals surface area (Å²) in [5.74, 6) is 1.35. The van der Waals surface area contributed by atoms with Crippen LogP contribution in [0.1, 0.15) is 12.0 Å². The van der Waals surface area contributed by atoms with Gasteiger partial charge in [-0.2, -0.15) is 10.1 Å². The van der Waals surface area contributed by atoms with Crippen molar-refractivity contribution in [2.45, 2.75) is 6.42 Å². The molecule has 2 heterocycles. The van der Waals surface area contributed by atoms with E-state index >= 15 is 0 Å². The number of hydrogen-bond acceptors (Lipinski definition) is 8. The molecule has 1 fully saturated rings. The number of aromatic hydroxyl groups is 1. The molecule has 1 saturated heterocycles. The Bertz CT molecular complexity index is 1000. The average molecular weight is 406 g/mol. The Balaban J connectivity index is 1.42. The molecule has 3 N–H and O–H groups in total. The minimum atomic E-state index is 0.171. The molecule has 8 heteroatoms. The minimum Gasteiger partial charge on any atom is -0.507 e. The third kappa shape index (κ3) is 5.22. The molecule has 8 nitrogen and oxygen atoms in total. The highest BCUT2D eigenvalue weighted by Gasteiger charge is 2.10. The van der Waals surface area contributed by atoms with E-state index in [1.807, 2.05) is 30.3 Å².